The highest BCUT2D eigenvalue weighted by Crippen LogP contribution is 2.38. The lowest BCUT2D eigenvalue weighted by Gasteiger charge is -2.32. The van der Waals surface area contributed by atoms with Gasteiger partial charge in [-0.2, -0.15) is 15.1 Å². The molecule has 5 N–H and O–H groups in total. The fourth-order valence-electron chi connectivity index (χ4n) is 4.57. The zero-order valence-electron chi connectivity index (χ0n) is 20.1. The predicted molar refractivity (Wildman–Crippen MR) is 133 cm³/mol. The number of carbonyl (C=O) groups excluding carboxylic acids is 1. The maximum Gasteiger partial charge on any atom is 0.319 e. The van der Waals surface area contributed by atoms with E-state index in [1.54, 1.807) is 19.2 Å². The molecule has 4 heterocycles. The Morgan fingerprint density at radius 2 is 2.22 bits per heavy atom. The first-order valence-electron chi connectivity index (χ1n) is 12.2. The minimum atomic E-state index is -0.392. The lowest BCUT2D eigenvalue weighted by Crippen LogP contribution is -2.36. The Kier molecular flexibility index (Phi) is 6.86. The third-order valence-electron chi connectivity index (χ3n) is 6.78. The third kappa shape index (κ3) is 5.18. The smallest absolute Gasteiger partial charge is 0.319 e. The molecule has 3 atom stereocenters. The summed E-state index contributed by atoms with van der Waals surface area (Å²) in [5.74, 6) is 4.07. The monoisotopic (exact) mass is 490 g/mol. The van der Waals surface area contributed by atoms with Crippen LogP contribution >= 0.6 is 0 Å². The van der Waals surface area contributed by atoms with Gasteiger partial charge in [-0.25, -0.2) is 4.98 Å². The van der Waals surface area contributed by atoms with Crippen molar-refractivity contribution in [2.24, 2.45) is 17.6 Å². The number of aliphatic hydroxyl groups excluding tert-OH is 1. The van der Waals surface area contributed by atoms with Crippen LogP contribution in [-0.4, -0.2) is 68.5 Å². The summed E-state index contributed by atoms with van der Waals surface area (Å²) in [5, 5.41) is 20.6. The van der Waals surface area contributed by atoms with Gasteiger partial charge in [0.1, 0.15) is 11.5 Å². The topological polar surface area (TPSA) is 155 Å². The molecule has 36 heavy (non-hydrogen) atoms. The zero-order valence-corrected chi connectivity index (χ0v) is 20.1. The summed E-state index contributed by atoms with van der Waals surface area (Å²) in [4.78, 5) is 28.2. The van der Waals surface area contributed by atoms with Gasteiger partial charge in [0.05, 0.1) is 13.2 Å². The van der Waals surface area contributed by atoms with Crippen molar-refractivity contribution >= 4 is 22.8 Å². The number of pyridine rings is 1. The Morgan fingerprint density at radius 3 is 3.00 bits per heavy atom. The summed E-state index contributed by atoms with van der Waals surface area (Å²) in [6.07, 6.45) is 4.47. The first-order valence-corrected chi connectivity index (χ1v) is 12.2. The van der Waals surface area contributed by atoms with Gasteiger partial charge in [-0.1, -0.05) is 5.92 Å². The van der Waals surface area contributed by atoms with Crippen LogP contribution in [-0.2, 0) is 0 Å². The second-order valence-corrected chi connectivity index (χ2v) is 9.43. The van der Waals surface area contributed by atoms with E-state index in [1.807, 2.05) is 12.1 Å². The Labute approximate surface area is 208 Å². The average Bonchev–Trinajstić information content (AvgIpc) is 3.51. The first-order chi connectivity index (χ1) is 17.6. The van der Waals surface area contributed by atoms with E-state index in [0.717, 1.165) is 49.1 Å². The minimum absolute atomic E-state index is 0.161. The number of H-pyrrole nitrogens is 1. The quantitative estimate of drug-likeness (QED) is 0.269. The van der Waals surface area contributed by atoms with E-state index in [2.05, 4.69) is 47.3 Å². The van der Waals surface area contributed by atoms with Crippen molar-refractivity contribution in [2.75, 3.05) is 31.2 Å². The molecule has 5 rings (SSSR count). The van der Waals surface area contributed by atoms with Gasteiger partial charge in [-0.05, 0) is 38.3 Å². The number of nitrogens with one attached hydrogen (secondary N) is 2. The molecule has 3 aromatic rings. The van der Waals surface area contributed by atoms with Crippen LogP contribution in [0.15, 0.2) is 24.4 Å². The van der Waals surface area contributed by atoms with E-state index < -0.39 is 6.04 Å². The average molecular weight is 491 g/mol. The maximum atomic E-state index is 12.8. The lowest BCUT2D eigenvalue weighted by atomic mass is 9.92. The second kappa shape index (κ2) is 10.4. The van der Waals surface area contributed by atoms with Crippen LogP contribution in [0.25, 0.3) is 11.0 Å². The van der Waals surface area contributed by atoms with E-state index in [-0.39, 0.29) is 36.1 Å². The molecule has 3 aromatic heterocycles. The predicted octanol–water partition coefficient (Wildman–Crippen LogP) is 1.18. The molecule has 0 radical (unpaired) electrons. The number of carbonyl (C=O) groups is 1. The molecular formula is C25H30N8O3. The molecule has 3 unspecified atom stereocenters. The van der Waals surface area contributed by atoms with Gasteiger partial charge in [-0.3, -0.25) is 9.89 Å². The van der Waals surface area contributed by atoms with Gasteiger partial charge in [0.15, 0.2) is 5.65 Å². The molecule has 11 nitrogen and oxygen atoms in total. The van der Waals surface area contributed by atoms with Crippen LogP contribution in [0.4, 0.5) is 5.82 Å². The maximum absolute atomic E-state index is 12.8. The Balaban J connectivity index is 1.31. The number of hydrogen-bond acceptors (Lipinski definition) is 9. The number of nitrogens with two attached hydrogens (primary N) is 1. The summed E-state index contributed by atoms with van der Waals surface area (Å²) < 4.78 is 5.88. The largest absolute Gasteiger partial charge is 0.463 e. The van der Waals surface area contributed by atoms with Gasteiger partial charge in [0.25, 0.3) is 5.91 Å². The Hall–Kier alpha value is -3.91. The molecule has 0 bridgehead atoms. The molecule has 0 spiro atoms. The summed E-state index contributed by atoms with van der Waals surface area (Å²) in [7, 11) is 0. The van der Waals surface area contributed by atoms with E-state index >= 15 is 0 Å². The van der Waals surface area contributed by atoms with Crippen molar-refractivity contribution in [3.05, 3.63) is 35.8 Å². The number of aromatic nitrogens is 5. The van der Waals surface area contributed by atoms with Gasteiger partial charge in [-0.15, -0.1) is 0 Å². The number of aliphatic hydroxyl groups is 1. The number of ether oxygens (including phenoxy) is 1. The summed E-state index contributed by atoms with van der Waals surface area (Å²) in [6, 6.07) is 7.88. The molecule has 1 saturated heterocycles. The zero-order chi connectivity index (χ0) is 25.1. The second-order valence-electron chi connectivity index (χ2n) is 9.43. The van der Waals surface area contributed by atoms with Crippen molar-refractivity contribution in [3.8, 4) is 18.0 Å². The summed E-state index contributed by atoms with van der Waals surface area (Å²) in [5.41, 5.74) is 7.36. The molecule has 188 valence electrons. The number of hydrogen-bond donors (Lipinski definition) is 4. The van der Waals surface area contributed by atoms with Gasteiger partial charge in [0.2, 0.25) is 0 Å². The fraction of sp³-hybridized carbons (Fsp3) is 0.480. The fourth-order valence-corrected chi connectivity index (χ4v) is 4.57. The van der Waals surface area contributed by atoms with Crippen molar-refractivity contribution in [1.29, 1.82) is 0 Å². The number of aromatic amines is 1. The molecule has 11 heteroatoms. The number of fused-ring (bicyclic) bond motifs is 1. The number of nitrogens with zero attached hydrogens (tertiary/aromatic N) is 5. The molecular weight excluding hydrogens is 460 g/mol. The van der Waals surface area contributed by atoms with Crippen molar-refractivity contribution in [1.82, 2.24) is 30.5 Å². The third-order valence-corrected chi connectivity index (χ3v) is 6.78. The highest BCUT2D eigenvalue weighted by molar-refractivity contribution is 5.93. The highest BCUT2D eigenvalue weighted by Gasteiger charge is 2.36. The van der Waals surface area contributed by atoms with Crippen LogP contribution in [0.3, 0.4) is 0 Å². The molecule has 0 aromatic carbocycles. The van der Waals surface area contributed by atoms with Gasteiger partial charge in [0, 0.05) is 66.3 Å². The van der Waals surface area contributed by atoms with Gasteiger partial charge < -0.3 is 25.8 Å². The van der Waals surface area contributed by atoms with Crippen LogP contribution in [0.2, 0.25) is 0 Å². The van der Waals surface area contributed by atoms with Crippen LogP contribution in [0.1, 0.15) is 48.3 Å². The van der Waals surface area contributed by atoms with Crippen LogP contribution in [0.5, 0.6) is 6.01 Å². The standard InChI is InChI=1S/C25H30N8O3/c1-15(13-34)28-24(35)20-12-21(30-25(29-20)36-14-18-11-17(18)4-7-26)33-9-5-16(6-10-33)22-19-3-2-8-27-23(19)32-31-22/h2-3,8,12,15-18,34H,5-6,9-11,13-14,26H2,1H3,(H,28,35)(H,27,31,32). The molecule has 1 amide bonds. The van der Waals surface area contributed by atoms with E-state index in [4.69, 9.17) is 10.5 Å². The van der Waals surface area contributed by atoms with Gasteiger partial charge >= 0.3 is 6.01 Å². The van der Waals surface area contributed by atoms with Crippen molar-refractivity contribution < 1.29 is 14.6 Å². The normalized spacial score (nSPS) is 20.4. The molecule has 2 fully saturated rings. The van der Waals surface area contributed by atoms with Crippen LogP contribution < -0.4 is 20.7 Å². The SMILES string of the molecule is CC(CO)NC(=O)c1cc(N2CCC(c3[nH]nc4ncccc34)CC2)nc(OCC2CC2C#CN)n1. The highest BCUT2D eigenvalue weighted by atomic mass is 16.5. The van der Waals surface area contributed by atoms with Crippen molar-refractivity contribution in [3.63, 3.8) is 0 Å². The number of rotatable bonds is 8. The molecule has 2 aliphatic rings. The van der Waals surface area contributed by atoms with Crippen molar-refractivity contribution in [2.45, 2.75) is 38.1 Å². The number of anilines is 1. The minimum Gasteiger partial charge on any atom is -0.463 e. The molecule has 1 aliphatic heterocycles. The summed E-state index contributed by atoms with van der Waals surface area (Å²) >= 11 is 0. The first kappa shape index (κ1) is 23.8. The van der Waals surface area contributed by atoms with E-state index in [1.165, 1.54) is 0 Å². The Bertz CT molecular complexity index is 1290. The van der Waals surface area contributed by atoms with Crippen LogP contribution in [0, 0.1) is 23.8 Å². The molecule has 1 saturated carbocycles. The number of piperidine rings is 1. The van der Waals surface area contributed by atoms with E-state index in [9.17, 15) is 9.90 Å². The molecule has 1 aliphatic carbocycles. The number of amides is 1. The lowest BCUT2D eigenvalue weighted by molar-refractivity contribution is 0.0915. The van der Waals surface area contributed by atoms with E-state index in [0.29, 0.717) is 18.3 Å². The Morgan fingerprint density at radius 1 is 1.39 bits per heavy atom. The summed E-state index contributed by atoms with van der Waals surface area (Å²) in [6.45, 7) is 3.49.